The van der Waals surface area contributed by atoms with Crippen molar-refractivity contribution in [2.75, 3.05) is 0 Å². The van der Waals surface area contributed by atoms with Gasteiger partial charge in [0.1, 0.15) is 29.5 Å². The van der Waals surface area contributed by atoms with Gasteiger partial charge in [-0.3, -0.25) is 13.5 Å². The minimum absolute atomic E-state index is 0.0893. The van der Waals surface area contributed by atoms with Crippen molar-refractivity contribution >= 4 is 32.2 Å². The maximum absolute atomic E-state index is 14.9. The van der Waals surface area contributed by atoms with Crippen LogP contribution in [0.25, 0.3) is 0 Å². The van der Waals surface area contributed by atoms with Crippen LogP contribution in [-0.4, -0.2) is 63.0 Å². The first-order valence-electron chi connectivity index (χ1n) is 19.2. The van der Waals surface area contributed by atoms with Crippen LogP contribution in [0, 0.1) is 29.2 Å². The molecular formula is C38H42F4O11S2. The first-order chi connectivity index (χ1) is 26.2. The summed E-state index contributed by atoms with van der Waals surface area (Å²) < 4.78 is 139. The second-order valence-electron chi connectivity index (χ2n) is 15.9. The number of esters is 2. The number of benzene rings is 2. The van der Waals surface area contributed by atoms with E-state index in [1.807, 2.05) is 0 Å². The number of fused-ring (bicyclic) bond motifs is 1. The highest BCUT2D eigenvalue weighted by Crippen LogP contribution is 2.53. The molecule has 6 aliphatic rings. The maximum atomic E-state index is 14.9. The summed E-state index contributed by atoms with van der Waals surface area (Å²) in [5.41, 5.74) is 3.43. The molecule has 55 heavy (non-hydrogen) atoms. The molecule has 3 saturated carbocycles. The first-order valence-corrected chi connectivity index (χ1v) is 22.1. The van der Waals surface area contributed by atoms with Crippen molar-refractivity contribution in [3.05, 3.63) is 57.7 Å². The Hall–Kier alpha value is -3.12. The van der Waals surface area contributed by atoms with E-state index in [9.17, 15) is 44.0 Å². The molecule has 3 saturated heterocycles. The largest absolute Gasteiger partial charge is 0.453 e. The molecule has 6 atom stereocenters. The number of hydrogen-bond donors (Lipinski definition) is 1. The zero-order valence-electron chi connectivity index (χ0n) is 29.8. The molecule has 300 valence electrons. The lowest BCUT2D eigenvalue weighted by molar-refractivity contribution is -0.143. The minimum atomic E-state index is -5.81. The summed E-state index contributed by atoms with van der Waals surface area (Å²) in [6, 6.07) is 4.32. The van der Waals surface area contributed by atoms with Crippen molar-refractivity contribution in [3.63, 3.8) is 0 Å². The summed E-state index contributed by atoms with van der Waals surface area (Å²) in [7, 11) is -10.5. The van der Waals surface area contributed by atoms with Crippen molar-refractivity contribution in [3.8, 4) is 5.75 Å². The summed E-state index contributed by atoms with van der Waals surface area (Å²) >= 11 is 0. The molecule has 8 rings (SSSR count). The van der Waals surface area contributed by atoms with Crippen molar-refractivity contribution in [1.82, 2.24) is 0 Å². The predicted molar refractivity (Wildman–Crippen MR) is 185 cm³/mol. The molecule has 0 spiro atoms. The average molecular weight is 815 g/mol. The molecule has 2 bridgehead atoms. The number of ether oxygens (including phenoxy) is 3. The Kier molecular flexibility index (Phi) is 10.3. The lowest BCUT2D eigenvalue weighted by Crippen LogP contribution is -2.50. The zero-order chi connectivity index (χ0) is 39.0. The summed E-state index contributed by atoms with van der Waals surface area (Å²) in [5, 5.41) is -1.78. The third-order valence-corrected chi connectivity index (χ3v) is 15.2. The molecule has 17 heteroatoms. The maximum Gasteiger partial charge on any atom is 0.339 e. The number of halogens is 4. The Morgan fingerprint density at radius 1 is 0.709 bits per heavy atom. The molecule has 2 aromatic carbocycles. The third-order valence-electron chi connectivity index (χ3n) is 12.6. The van der Waals surface area contributed by atoms with Gasteiger partial charge in [-0.15, -0.1) is 0 Å². The fraction of sp³-hybridized carbons (Fsp3) is 0.632. The van der Waals surface area contributed by atoms with Crippen molar-refractivity contribution in [2.24, 2.45) is 5.92 Å². The lowest BCUT2D eigenvalue weighted by Gasteiger charge is -2.33. The van der Waals surface area contributed by atoms with Gasteiger partial charge in [-0.2, -0.15) is 25.6 Å². The van der Waals surface area contributed by atoms with Crippen LogP contribution in [0.4, 0.5) is 17.6 Å². The van der Waals surface area contributed by atoms with E-state index in [-0.39, 0.29) is 11.8 Å². The van der Waals surface area contributed by atoms with Gasteiger partial charge in [0.05, 0.1) is 5.56 Å². The smallest absolute Gasteiger partial charge is 0.339 e. The molecule has 2 aromatic rings. The fourth-order valence-electron chi connectivity index (χ4n) is 10.1. The Bertz CT molecular complexity index is 2040. The molecular weight excluding hydrogens is 773 g/mol. The van der Waals surface area contributed by atoms with Gasteiger partial charge in [0.25, 0.3) is 10.1 Å². The van der Waals surface area contributed by atoms with Gasteiger partial charge in [0.2, 0.25) is 17.4 Å². The molecule has 3 aliphatic carbocycles. The second-order valence-corrected chi connectivity index (χ2v) is 18.9. The molecule has 0 radical (unpaired) electrons. The highest BCUT2D eigenvalue weighted by Gasteiger charge is 2.74. The van der Waals surface area contributed by atoms with Crippen molar-refractivity contribution in [2.45, 2.75) is 149 Å². The number of carbonyl (C=O) groups excluding carboxylic acids is 2. The van der Waals surface area contributed by atoms with E-state index in [0.29, 0.717) is 11.5 Å². The minimum Gasteiger partial charge on any atom is -0.453 e. The second kappa shape index (κ2) is 14.7. The van der Waals surface area contributed by atoms with Gasteiger partial charge in [0, 0.05) is 0 Å². The van der Waals surface area contributed by atoms with Crippen molar-refractivity contribution < 1.29 is 66.9 Å². The Morgan fingerprint density at radius 3 is 1.69 bits per heavy atom. The van der Waals surface area contributed by atoms with Gasteiger partial charge in [-0.1, -0.05) is 69.9 Å². The highest BCUT2D eigenvalue weighted by molar-refractivity contribution is 7.87. The van der Waals surface area contributed by atoms with Crippen LogP contribution in [-0.2, 0) is 38.7 Å². The Balaban J connectivity index is 1.15. The van der Waals surface area contributed by atoms with Gasteiger partial charge in [0.15, 0.2) is 22.6 Å². The Morgan fingerprint density at radius 2 is 1.20 bits per heavy atom. The summed E-state index contributed by atoms with van der Waals surface area (Å²) in [5.74, 6) is -16.0. The van der Waals surface area contributed by atoms with E-state index in [0.717, 1.165) is 101 Å². The molecule has 11 nitrogen and oxygen atoms in total. The van der Waals surface area contributed by atoms with E-state index in [1.165, 1.54) is 12.0 Å². The molecule has 6 fully saturated rings. The summed E-state index contributed by atoms with van der Waals surface area (Å²) in [6.07, 6.45) is 9.46. The molecule has 0 amide bonds. The van der Waals surface area contributed by atoms with E-state index >= 15 is 0 Å². The number of hydrogen-bond acceptors (Lipinski definition) is 10. The topological polar surface area (TPSA) is 160 Å². The first kappa shape index (κ1) is 38.7. The van der Waals surface area contributed by atoms with Gasteiger partial charge in [-0.05, 0) is 73.0 Å². The van der Waals surface area contributed by atoms with Crippen LogP contribution in [0.3, 0.4) is 0 Å². The number of carbonyl (C=O) groups is 2. The SMILES string of the molecule is O=C(OC1C2OS(=O)(=O)C3C2OC1C3C(=O)Oc1c(F)c(F)c(S(=O)(=O)O)c(F)c1F)c1c(C2CCCCC2)cc(C2CCCCC2)cc1C1CCCCC1. The predicted octanol–water partition coefficient (Wildman–Crippen LogP) is 7.26. The monoisotopic (exact) mass is 814 g/mol. The summed E-state index contributed by atoms with van der Waals surface area (Å²) in [4.78, 5) is 26.0. The lowest BCUT2D eigenvalue weighted by atomic mass is 9.73. The van der Waals surface area contributed by atoms with Crippen LogP contribution < -0.4 is 4.74 Å². The quantitative estimate of drug-likeness (QED) is 0.0714. The zero-order valence-corrected chi connectivity index (χ0v) is 31.4. The molecule has 6 unspecified atom stereocenters. The third kappa shape index (κ3) is 6.78. The van der Waals surface area contributed by atoms with Crippen LogP contribution in [0.1, 0.15) is 141 Å². The molecule has 3 aliphatic heterocycles. The van der Waals surface area contributed by atoms with E-state index in [2.05, 4.69) is 12.1 Å². The Labute approximate surface area is 316 Å². The fourth-order valence-corrected chi connectivity index (χ4v) is 12.5. The van der Waals surface area contributed by atoms with Gasteiger partial charge >= 0.3 is 22.1 Å². The van der Waals surface area contributed by atoms with E-state index < -0.39 is 102 Å². The van der Waals surface area contributed by atoms with Crippen LogP contribution in [0.15, 0.2) is 17.0 Å². The average Bonchev–Trinajstić information content (AvgIpc) is 3.79. The van der Waals surface area contributed by atoms with Crippen LogP contribution in [0.5, 0.6) is 5.75 Å². The van der Waals surface area contributed by atoms with Gasteiger partial charge < -0.3 is 14.2 Å². The van der Waals surface area contributed by atoms with Crippen molar-refractivity contribution in [1.29, 1.82) is 0 Å². The van der Waals surface area contributed by atoms with E-state index in [4.69, 9.17) is 22.9 Å². The molecule has 1 N–H and O–H groups in total. The highest BCUT2D eigenvalue weighted by atomic mass is 32.2. The van der Waals surface area contributed by atoms with Crippen LogP contribution in [0.2, 0.25) is 0 Å². The standard InChI is InChI=1S/C38H42F4O11S2/c39-26-28(41)36(54(45,46)47)29(42)27(40)31(26)51-38(44)25-30-32(33-34(50-30)35(25)55(48,49)53-33)52-37(43)24-22(19-12-6-2-7-13-19)16-21(18-10-4-1-5-11-18)17-23(24)20-14-8-3-9-15-20/h16-20,25,30,32-35H,1-15H2,(H,45,46,47). The van der Waals surface area contributed by atoms with E-state index in [1.54, 1.807) is 0 Å². The normalized spacial score (nSPS) is 29.8. The number of rotatable bonds is 8. The molecule has 3 heterocycles. The van der Waals surface area contributed by atoms with Crippen LogP contribution >= 0.6 is 0 Å². The molecule has 0 aromatic heterocycles. The van der Waals surface area contributed by atoms with Gasteiger partial charge in [-0.25, -0.2) is 13.6 Å². The summed E-state index contributed by atoms with van der Waals surface area (Å²) in [6.45, 7) is 0.